The number of para-hydroxylation sites is 3. The van der Waals surface area contributed by atoms with Gasteiger partial charge < -0.3 is 9.47 Å². The third kappa shape index (κ3) is 6.26. The lowest BCUT2D eigenvalue weighted by Crippen LogP contribution is -2.13. The van der Waals surface area contributed by atoms with Gasteiger partial charge in [-0.15, -0.1) is 0 Å². The van der Waals surface area contributed by atoms with Crippen LogP contribution in [-0.4, -0.2) is 4.57 Å². The van der Waals surface area contributed by atoms with Crippen LogP contribution in [0.15, 0.2) is 237 Å². The van der Waals surface area contributed by atoms with Crippen molar-refractivity contribution in [2.24, 2.45) is 0 Å². The Morgan fingerprint density at radius 1 is 0.344 bits per heavy atom. The second-order valence-corrected chi connectivity index (χ2v) is 16.7. The number of aromatic nitrogens is 1. The Balaban J connectivity index is 1.19. The molecule has 0 saturated heterocycles. The van der Waals surface area contributed by atoms with Crippen LogP contribution in [0.3, 0.4) is 0 Å². The molecule has 1 heterocycles. The van der Waals surface area contributed by atoms with Gasteiger partial charge in [0, 0.05) is 33.5 Å². The molecule has 1 aromatic heterocycles. The van der Waals surface area contributed by atoms with Gasteiger partial charge in [0.25, 0.3) is 0 Å². The van der Waals surface area contributed by atoms with Gasteiger partial charge in [0.2, 0.25) is 0 Å². The lowest BCUT2D eigenvalue weighted by molar-refractivity contribution is 0.888. The smallest absolute Gasteiger partial charge is 0.0562 e. The summed E-state index contributed by atoms with van der Waals surface area (Å²) in [7, 11) is 0. The van der Waals surface area contributed by atoms with E-state index in [4.69, 9.17) is 0 Å². The zero-order chi connectivity index (χ0) is 42.4. The van der Waals surface area contributed by atoms with Gasteiger partial charge in [-0.05, 0) is 104 Å². The molecule has 0 radical (unpaired) electrons. The highest BCUT2D eigenvalue weighted by Gasteiger charge is 2.28. The summed E-state index contributed by atoms with van der Waals surface area (Å²) in [4.78, 5) is 2.57. The van der Waals surface area contributed by atoms with Crippen molar-refractivity contribution in [1.82, 2.24) is 4.57 Å². The number of rotatable bonds is 8. The van der Waals surface area contributed by atoms with E-state index in [-0.39, 0.29) is 0 Å². The van der Waals surface area contributed by atoms with Crippen molar-refractivity contribution in [1.29, 1.82) is 0 Å². The number of allylic oxidation sites excluding steroid dienone is 1. The van der Waals surface area contributed by atoms with E-state index in [9.17, 15) is 0 Å². The predicted octanol–water partition coefficient (Wildman–Crippen LogP) is 17.0. The van der Waals surface area contributed by atoms with E-state index < -0.39 is 0 Å². The molecule has 0 atom stereocenters. The van der Waals surface area contributed by atoms with E-state index in [1.54, 1.807) is 0 Å². The summed E-state index contributed by atoms with van der Waals surface area (Å²) < 4.78 is 2.50. The minimum absolute atomic E-state index is 0.971. The second-order valence-electron chi connectivity index (χ2n) is 16.7. The van der Waals surface area contributed by atoms with Crippen LogP contribution in [0.5, 0.6) is 0 Å². The molecule has 10 aromatic carbocycles. The van der Waals surface area contributed by atoms with Crippen molar-refractivity contribution >= 4 is 55.6 Å². The molecule has 1 aliphatic carbocycles. The maximum absolute atomic E-state index is 2.57. The van der Waals surface area contributed by atoms with Crippen molar-refractivity contribution in [3.63, 3.8) is 0 Å². The largest absolute Gasteiger partial charge is 0.313 e. The fourth-order valence-electron chi connectivity index (χ4n) is 10.3. The Morgan fingerprint density at radius 2 is 0.781 bits per heavy atom. The van der Waals surface area contributed by atoms with Gasteiger partial charge in [-0.2, -0.15) is 0 Å². The molecular weight excluding hydrogens is 773 g/mol. The number of nitrogens with zero attached hydrogens (tertiary/aromatic N) is 2. The third-order valence-corrected chi connectivity index (χ3v) is 13.0. The van der Waals surface area contributed by atoms with Gasteiger partial charge in [-0.25, -0.2) is 0 Å². The second kappa shape index (κ2) is 15.9. The van der Waals surface area contributed by atoms with E-state index in [0.717, 1.165) is 41.0 Å². The fourth-order valence-corrected chi connectivity index (χ4v) is 10.3. The van der Waals surface area contributed by atoms with Crippen LogP contribution in [0.25, 0.3) is 88.7 Å². The molecule has 0 amide bonds. The van der Waals surface area contributed by atoms with E-state index >= 15 is 0 Å². The Labute approximate surface area is 374 Å². The van der Waals surface area contributed by atoms with Crippen molar-refractivity contribution in [3.8, 4) is 50.2 Å². The number of benzene rings is 10. The van der Waals surface area contributed by atoms with Crippen molar-refractivity contribution in [2.75, 3.05) is 4.90 Å². The summed E-state index contributed by atoms with van der Waals surface area (Å²) in [5.74, 6) is 0. The van der Waals surface area contributed by atoms with E-state index in [1.807, 2.05) is 0 Å². The zero-order valence-electron chi connectivity index (χ0n) is 35.4. The molecule has 2 nitrogen and oxygen atoms in total. The number of hydrogen-bond acceptors (Lipinski definition) is 1. The summed E-state index contributed by atoms with van der Waals surface area (Å²) >= 11 is 0. The highest BCUT2D eigenvalue weighted by atomic mass is 15.2. The first-order chi connectivity index (χ1) is 31.8. The van der Waals surface area contributed by atoms with Gasteiger partial charge in [-0.3, -0.25) is 0 Å². The quantitative estimate of drug-likeness (QED) is 0.148. The third-order valence-electron chi connectivity index (χ3n) is 13.0. The van der Waals surface area contributed by atoms with Gasteiger partial charge in [0.1, 0.15) is 0 Å². The highest BCUT2D eigenvalue weighted by Crippen LogP contribution is 2.51. The molecule has 0 unspecified atom stereocenters. The Morgan fingerprint density at radius 3 is 1.33 bits per heavy atom. The first kappa shape index (κ1) is 37.6. The maximum Gasteiger partial charge on any atom is 0.0562 e. The first-order valence-electron chi connectivity index (χ1n) is 22.3. The molecule has 0 fully saturated rings. The molecule has 64 heavy (non-hydrogen) atoms. The standard InChI is InChI=1S/C62H44N2/c1-4-21-43(22-5-1)48-34-16-25-45-27-18-36-52(60(45)48)50-31-10-13-38-55(50)64(59-42-20-41-58-62(59)54-33-12-15-40-57(54)63(58)47-29-8-3-9-30-47)56-39-14-11-32-51(56)53-37-19-28-46-26-17-35-49(61(46)53)44-23-6-2-7-24-44/h1-14,16-39,41-42H,15,40H2. The lowest BCUT2D eigenvalue weighted by Gasteiger charge is -2.31. The zero-order valence-corrected chi connectivity index (χ0v) is 35.4. The number of hydrogen-bond donors (Lipinski definition) is 0. The number of anilines is 3. The van der Waals surface area contributed by atoms with Crippen LogP contribution in [0.1, 0.15) is 17.7 Å². The molecule has 0 spiro atoms. The van der Waals surface area contributed by atoms with Crippen molar-refractivity contribution in [3.05, 3.63) is 248 Å². The van der Waals surface area contributed by atoms with Crippen LogP contribution < -0.4 is 4.90 Å². The van der Waals surface area contributed by atoms with Gasteiger partial charge in [0.15, 0.2) is 0 Å². The minimum atomic E-state index is 0.971. The van der Waals surface area contributed by atoms with E-state index in [1.165, 1.54) is 82.8 Å². The monoisotopic (exact) mass is 816 g/mol. The maximum atomic E-state index is 2.57. The van der Waals surface area contributed by atoms with Crippen molar-refractivity contribution in [2.45, 2.75) is 12.8 Å². The summed E-state index contributed by atoms with van der Waals surface area (Å²) in [6.07, 6.45) is 6.70. The average Bonchev–Trinajstić information content (AvgIpc) is 3.72. The topological polar surface area (TPSA) is 8.17 Å². The molecule has 2 heteroatoms. The predicted molar refractivity (Wildman–Crippen MR) is 272 cm³/mol. The van der Waals surface area contributed by atoms with Crippen LogP contribution in [-0.2, 0) is 6.42 Å². The lowest BCUT2D eigenvalue weighted by atomic mass is 9.89. The summed E-state index contributed by atoms with van der Waals surface area (Å²) in [5, 5.41) is 6.16. The van der Waals surface area contributed by atoms with Gasteiger partial charge >= 0.3 is 0 Å². The van der Waals surface area contributed by atoms with Crippen LogP contribution >= 0.6 is 0 Å². The van der Waals surface area contributed by atoms with Crippen molar-refractivity contribution < 1.29 is 0 Å². The highest BCUT2D eigenvalue weighted by molar-refractivity contribution is 6.13. The van der Waals surface area contributed by atoms with Crippen LogP contribution in [0, 0.1) is 0 Å². The Hall–Kier alpha value is -8.20. The van der Waals surface area contributed by atoms with Gasteiger partial charge in [-0.1, -0.05) is 206 Å². The molecule has 11 aromatic rings. The Bertz CT molecular complexity index is 3370. The SMILES string of the molecule is C1=Cc2c(n(-c3ccccc3)c3cccc(N(c4ccccc4-c4cccc5cccc(-c6ccccc6)c45)c4ccccc4-c4cccc5cccc(-c6ccccc6)c45)c23)CC1. The minimum Gasteiger partial charge on any atom is -0.313 e. The molecule has 0 aliphatic heterocycles. The molecular formula is C62H44N2. The van der Waals surface area contributed by atoms with E-state index in [0.29, 0.717) is 0 Å². The molecule has 0 saturated carbocycles. The first-order valence-corrected chi connectivity index (χ1v) is 22.3. The number of fused-ring (bicyclic) bond motifs is 5. The normalized spacial score (nSPS) is 12.2. The summed E-state index contributed by atoms with van der Waals surface area (Å²) in [6, 6.07) is 84.4. The summed E-state index contributed by atoms with van der Waals surface area (Å²) in [5.41, 5.74) is 18.0. The molecule has 302 valence electrons. The summed E-state index contributed by atoms with van der Waals surface area (Å²) in [6.45, 7) is 0. The molecule has 0 bridgehead atoms. The average molecular weight is 817 g/mol. The molecule has 0 N–H and O–H groups in total. The fraction of sp³-hybridized carbons (Fsp3) is 0.0323. The Kier molecular flexibility index (Phi) is 9.34. The molecule has 1 aliphatic rings. The van der Waals surface area contributed by atoms with Crippen LogP contribution in [0.2, 0.25) is 0 Å². The van der Waals surface area contributed by atoms with Gasteiger partial charge in [0.05, 0.1) is 22.6 Å². The van der Waals surface area contributed by atoms with Crippen LogP contribution in [0.4, 0.5) is 17.1 Å². The van der Waals surface area contributed by atoms with E-state index in [2.05, 4.69) is 252 Å². The molecule has 12 rings (SSSR count).